The molecule has 3 rings (SSSR count). The third-order valence-corrected chi connectivity index (χ3v) is 5.24. The lowest BCUT2D eigenvalue weighted by molar-refractivity contribution is -0.122. The Balaban J connectivity index is 1.45. The first kappa shape index (κ1) is 18.2. The van der Waals surface area contributed by atoms with Crippen molar-refractivity contribution >= 4 is 5.91 Å². The van der Waals surface area contributed by atoms with Gasteiger partial charge < -0.3 is 15.4 Å². The number of benzene rings is 1. The highest BCUT2D eigenvalue weighted by molar-refractivity contribution is 5.76. The molecule has 0 bridgehead atoms. The van der Waals surface area contributed by atoms with Crippen LogP contribution in [0.2, 0.25) is 0 Å². The van der Waals surface area contributed by atoms with Crippen LogP contribution in [0, 0.1) is 17.7 Å². The van der Waals surface area contributed by atoms with Gasteiger partial charge in [0.1, 0.15) is 0 Å². The predicted molar refractivity (Wildman–Crippen MR) is 96.0 cm³/mol. The number of hydrogen-bond acceptors (Lipinski definition) is 3. The van der Waals surface area contributed by atoms with Gasteiger partial charge in [0.05, 0.1) is 12.6 Å². The molecule has 1 aliphatic carbocycles. The largest absolute Gasteiger partial charge is 0.490 e. The van der Waals surface area contributed by atoms with E-state index >= 15 is 0 Å². The molecule has 1 saturated carbocycles. The highest BCUT2D eigenvalue weighted by Crippen LogP contribution is 2.30. The molecule has 2 fully saturated rings. The quantitative estimate of drug-likeness (QED) is 0.755. The number of ether oxygens (including phenoxy) is 1. The fraction of sp³-hybridized carbons (Fsp3) is 0.650. The zero-order valence-electron chi connectivity index (χ0n) is 15.0. The van der Waals surface area contributed by atoms with Gasteiger partial charge in [-0.3, -0.25) is 4.79 Å². The smallest absolute Gasteiger partial charge is 0.220 e. The third kappa shape index (κ3) is 5.70. The van der Waals surface area contributed by atoms with Crippen LogP contribution >= 0.6 is 0 Å². The Morgan fingerprint density at radius 1 is 1.28 bits per heavy atom. The van der Waals surface area contributed by atoms with Gasteiger partial charge >= 0.3 is 0 Å². The van der Waals surface area contributed by atoms with Crippen molar-refractivity contribution in [2.75, 3.05) is 19.7 Å². The first-order valence-electron chi connectivity index (χ1n) is 9.54. The molecule has 25 heavy (non-hydrogen) atoms. The van der Waals surface area contributed by atoms with Crippen molar-refractivity contribution in [1.82, 2.24) is 10.6 Å². The van der Waals surface area contributed by atoms with Crippen molar-refractivity contribution < 1.29 is 13.9 Å². The maximum absolute atomic E-state index is 14.2. The molecule has 1 atom stereocenters. The molecule has 1 aliphatic heterocycles. The normalized spacial score (nSPS) is 19.4. The van der Waals surface area contributed by atoms with E-state index < -0.39 is 0 Å². The molecule has 0 spiro atoms. The van der Waals surface area contributed by atoms with Crippen LogP contribution in [-0.2, 0) is 4.79 Å². The van der Waals surface area contributed by atoms with Crippen LogP contribution in [0.4, 0.5) is 4.39 Å². The summed E-state index contributed by atoms with van der Waals surface area (Å²) in [4.78, 5) is 12.2. The Bertz CT molecular complexity index is 583. The lowest BCUT2D eigenvalue weighted by Crippen LogP contribution is -2.30. The maximum Gasteiger partial charge on any atom is 0.220 e. The first-order valence-corrected chi connectivity index (χ1v) is 9.54. The highest BCUT2D eigenvalue weighted by atomic mass is 19.1. The Morgan fingerprint density at radius 3 is 2.72 bits per heavy atom. The van der Waals surface area contributed by atoms with E-state index in [0.717, 1.165) is 37.9 Å². The van der Waals surface area contributed by atoms with Gasteiger partial charge in [-0.25, -0.2) is 4.39 Å². The van der Waals surface area contributed by atoms with Crippen molar-refractivity contribution in [1.29, 1.82) is 0 Å². The number of amides is 1. The molecular weight excluding hydrogens is 319 g/mol. The average molecular weight is 348 g/mol. The topological polar surface area (TPSA) is 50.4 Å². The van der Waals surface area contributed by atoms with E-state index in [1.54, 1.807) is 6.07 Å². The number of rotatable bonds is 8. The number of carbonyl (C=O) groups is 1. The van der Waals surface area contributed by atoms with E-state index in [1.165, 1.54) is 18.9 Å². The zero-order valence-corrected chi connectivity index (χ0v) is 15.0. The molecule has 138 valence electrons. The van der Waals surface area contributed by atoms with Crippen molar-refractivity contribution in [3.8, 4) is 5.75 Å². The van der Waals surface area contributed by atoms with Crippen LogP contribution in [0.25, 0.3) is 0 Å². The summed E-state index contributed by atoms with van der Waals surface area (Å²) in [6.45, 7) is 4.59. The average Bonchev–Trinajstić information content (AvgIpc) is 3.44. The Kier molecular flexibility index (Phi) is 6.29. The van der Waals surface area contributed by atoms with Gasteiger partial charge in [0.25, 0.3) is 0 Å². The van der Waals surface area contributed by atoms with Crippen LogP contribution in [0.1, 0.15) is 57.1 Å². The summed E-state index contributed by atoms with van der Waals surface area (Å²) in [6.07, 6.45) is 6.13. The summed E-state index contributed by atoms with van der Waals surface area (Å²) in [5, 5.41) is 6.32. The second-order valence-electron chi connectivity index (χ2n) is 7.47. The number of hydrogen-bond donors (Lipinski definition) is 2. The van der Waals surface area contributed by atoms with Gasteiger partial charge in [-0.15, -0.1) is 0 Å². The molecule has 1 saturated heterocycles. The van der Waals surface area contributed by atoms with Crippen LogP contribution in [0.5, 0.6) is 5.75 Å². The summed E-state index contributed by atoms with van der Waals surface area (Å²) >= 11 is 0. The number of carbonyl (C=O) groups excluding carboxylic acids is 1. The Labute approximate surface area is 149 Å². The SMILES string of the molecule is CC(NC(=O)CCC1CCNCC1)c1ccc(OCC2CC2)c(F)c1. The zero-order chi connectivity index (χ0) is 17.6. The number of halogens is 1. The molecule has 2 N–H and O–H groups in total. The number of nitrogens with one attached hydrogen (secondary N) is 2. The predicted octanol–water partition coefficient (Wildman–Crippen LogP) is 3.57. The second kappa shape index (κ2) is 8.65. The van der Waals surface area contributed by atoms with Gasteiger partial charge in [-0.2, -0.15) is 0 Å². The van der Waals surface area contributed by atoms with Crippen LogP contribution in [0.3, 0.4) is 0 Å². The molecule has 0 aromatic heterocycles. The van der Waals surface area contributed by atoms with E-state index in [2.05, 4.69) is 10.6 Å². The molecule has 1 aromatic carbocycles. The monoisotopic (exact) mass is 348 g/mol. The first-order chi connectivity index (χ1) is 12.1. The van der Waals surface area contributed by atoms with Gasteiger partial charge in [-0.1, -0.05) is 6.07 Å². The van der Waals surface area contributed by atoms with E-state index in [1.807, 2.05) is 13.0 Å². The molecule has 2 aliphatic rings. The van der Waals surface area contributed by atoms with Crippen LogP contribution in [-0.4, -0.2) is 25.6 Å². The van der Waals surface area contributed by atoms with Crippen LogP contribution in [0.15, 0.2) is 18.2 Å². The van der Waals surface area contributed by atoms with Gasteiger partial charge in [0, 0.05) is 6.42 Å². The molecule has 0 radical (unpaired) electrons. The van der Waals surface area contributed by atoms with Gasteiger partial charge in [0.2, 0.25) is 5.91 Å². The Hall–Kier alpha value is -1.62. The molecule has 5 heteroatoms. The number of piperidine rings is 1. The molecular formula is C20H29FN2O2. The fourth-order valence-corrected chi connectivity index (χ4v) is 3.30. The van der Waals surface area contributed by atoms with E-state index in [4.69, 9.17) is 4.74 Å². The minimum Gasteiger partial charge on any atom is -0.490 e. The maximum atomic E-state index is 14.2. The van der Waals surface area contributed by atoms with E-state index in [9.17, 15) is 9.18 Å². The van der Waals surface area contributed by atoms with E-state index in [-0.39, 0.29) is 17.8 Å². The second-order valence-corrected chi connectivity index (χ2v) is 7.47. The Morgan fingerprint density at radius 2 is 2.04 bits per heavy atom. The van der Waals surface area contributed by atoms with Crippen LogP contribution < -0.4 is 15.4 Å². The summed E-state index contributed by atoms with van der Waals surface area (Å²) in [5.41, 5.74) is 0.770. The lowest BCUT2D eigenvalue weighted by Gasteiger charge is -2.22. The standard InChI is InChI=1S/C20H29FN2O2/c1-14(23-20(24)7-4-15-8-10-22-11-9-15)17-5-6-19(18(21)12-17)25-13-16-2-3-16/h5-6,12,14-16,22H,2-4,7-11,13H2,1H3,(H,23,24). The fourth-order valence-electron chi connectivity index (χ4n) is 3.30. The molecule has 1 heterocycles. The summed E-state index contributed by atoms with van der Waals surface area (Å²) in [6, 6.07) is 4.78. The van der Waals surface area contributed by atoms with Crippen molar-refractivity contribution in [3.63, 3.8) is 0 Å². The molecule has 1 unspecified atom stereocenters. The van der Waals surface area contributed by atoms with Crippen molar-refractivity contribution in [2.24, 2.45) is 11.8 Å². The molecule has 4 nitrogen and oxygen atoms in total. The molecule has 1 amide bonds. The van der Waals surface area contributed by atoms with E-state index in [0.29, 0.717) is 30.6 Å². The summed E-state index contributed by atoms with van der Waals surface area (Å²) < 4.78 is 19.7. The molecule has 1 aromatic rings. The van der Waals surface area contributed by atoms with Crippen molar-refractivity contribution in [2.45, 2.75) is 51.5 Å². The van der Waals surface area contributed by atoms with Gasteiger partial charge in [0.15, 0.2) is 11.6 Å². The van der Waals surface area contributed by atoms with Crippen molar-refractivity contribution in [3.05, 3.63) is 29.6 Å². The summed E-state index contributed by atoms with van der Waals surface area (Å²) in [5.74, 6) is 1.23. The lowest BCUT2D eigenvalue weighted by atomic mass is 9.93. The summed E-state index contributed by atoms with van der Waals surface area (Å²) in [7, 11) is 0. The van der Waals surface area contributed by atoms with Gasteiger partial charge in [-0.05, 0) is 81.6 Å². The minimum absolute atomic E-state index is 0.0421. The minimum atomic E-state index is -0.353. The third-order valence-electron chi connectivity index (χ3n) is 5.24. The highest BCUT2D eigenvalue weighted by Gasteiger charge is 2.22.